The second-order valence-electron chi connectivity index (χ2n) is 6.45. The van der Waals surface area contributed by atoms with E-state index in [9.17, 15) is 9.59 Å². The zero-order valence-electron chi connectivity index (χ0n) is 14.7. The molecule has 1 aliphatic heterocycles. The fourth-order valence-corrected chi connectivity index (χ4v) is 2.96. The fraction of sp³-hybridized carbons (Fsp3) is 0.579. The van der Waals surface area contributed by atoms with Gasteiger partial charge in [0.15, 0.2) is 0 Å². The molecule has 0 saturated carbocycles. The highest BCUT2D eigenvalue weighted by Gasteiger charge is 2.26. The standard InChI is InChI=1S/C19H28N2O3/c1-15-4-6-16(7-5-15)14-18(22)21-11-8-17(9-12-21)19(23)20-10-3-13-24-2/h4-7,17H,3,8-14H2,1-2H3,(H,20,23). The second kappa shape index (κ2) is 9.42. The Morgan fingerprint density at radius 2 is 1.88 bits per heavy atom. The molecular weight excluding hydrogens is 304 g/mol. The summed E-state index contributed by atoms with van der Waals surface area (Å²) in [6.07, 6.45) is 2.76. The number of methoxy groups -OCH3 is 1. The molecular formula is C19H28N2O3. The number of carbonyl (C=O) groups excluding carboxylic acids is 2. The average molecular weight is 332 g/mol. The first-order valence-corrected chi connectivity index (χ1v) is 8.70. The summed E-state index contributed by atoms with van der Waals surface area (Å²) < 4.78 is 4.97. The SMILES string of the molecule is COCCCNC(=O)C1CCN(C(=O)Cc2ccc(C)cc2)CC1. The van der Waals surface area contributed by atoms with Crippen molar-refractivity contribution in [2.75, 3.05) is 33.4 Å². The molecule has 5 heteroatoms. The van der Waals surface area contributed by atoms with Crippen LogP contribution in [-0.4, -0.2) is 50.1 Å². The summed E-state index contributed by atoms with van der Waals surface area (Å²) in [5.41, 5.74) is 2.24. The van der Waals surface area contributed by atoms with Gasteiger partial charge in [-0.05, 0) is 31.7 Å². The third kappa shape index (κ3) is 5.64. The predicted octanol–water partition coefficient (Wildman–Crippen LogP) is 1.93. The van der Waals surface area contributed by atoms with Crippen molar-refractivity contribution >= 4 is 11.8 Å². The molecule has 2 amide bonds. The van der Waals surface area contributed by atoms with Crippen molar-refractivity contribution in [1.29, 1.82) is 0 Å². The van der Waals surface area contributed by atoms with Gasteiger partial charge in [-0.3, -0.25) is 9.59 Å². The number of likely N-dealkylation sites (tertiary alicyclic amines) is 1. The van der Waals surface area contributed by atoms with Gasteiger partial charge < -0.3 is 15.0 Å². The molecule has 24 heavy (non-hydrogen) atoms. The van der Waals surface area contributed by atoms with Crippen LogP contribution in [0.4, 0.5) is 0 Å². The minimum Gasteiger partial charge on any atom is -0.385 e. The van der Waals surface area contributed by atoms with E-state index in [2.05, 4.69) is 5.32 Å². The highest BCUT2D eigenvalue weighted by molar-refractivity contribution is 5.81. The largest absolute Gasteiger partial charge is 0.385 e. The summed E-state index contributed by atoms with van der Waals surface area (Å²) in [7, 11) is 1.66. The van der Waals surface area contributed by atoms with Gasteiger partial charge in [-0.15, -0.1) is 0 Å². The minimum atomic E-state index is 0.0240. The lowest BCUT2D eigenvalue weighted by molar-refractivity contribution is -0.135. The first kappa shape index (κ1) is 18.5. The average Bonchev–Trinajstić information content (AvgIpc) is 2.60. The lowest BCUT2D eigenvalue weighted by Crippen LogP contribution is -2.43. The number of nitrogens with zero attached hydrogens (tertiary/aromatic N) is 1. The molecule has 1 aliphatic rings. The summed E-state index contributed by atoms with van der Waals surface area (Å²) in [6, 6.07) is 8.08. The van der Waals surface area contributed by atoms with Crippen molar-refractivity contribution in [2.24, 2.45) is 5.92 Å². The number of benzene rings is 1. The van der Waals surface area contributed by atoms with E-state index in [4.69, 9.17) is 4.74 Å². The minimum absolute atomic E-state index is 0.0240. The van der Waals surface area contributed by atoms with Crippen LogP contribution in [0.25, 0.3) is 0 Å². The number of rotatable bonds is 7. The van der Waals surface area contributed by atoms with Crippen LogP contribution in [0.5, 0.6) is 0 Å². The molecule has 132 valence electrons. The van der Waals surface area contributed by atoms with E-state index in [-0.39, 0.29) is 17.7 Å². The Kier molecular flexibility index (Phi) is 7.25. The maximum absolute atomic E-state index is 12.4. The maximum atomic E-state index is 12.4. The molecule has 1 aromatic carbocycles. The van der Waals surface area contributed by atoms with Crippen molar-refractivity contribution in [3.63, 3.8) is 0 Å². The summed E-state index contributed by atoms with van der Waals surface area (Å²) in [5, 5.41) is 2.95. The zero-order valence-corrected chi connectivity index (χ0v) is 14.7. The van der Waals surface area contributed by atoms with Gasteiger partial charge >= 0.3 is 0 Å². The van der Waals surface area contributed by atoms with Crippen LogP contribution in [0.1, 0.15) is 30.4 Å². The van der Waals surface area contributed by atoms with Crippen LogP contribution in [0.15, 0.2) is 24.3 Å². The summed E-state index contributed by atoms with van der Waals surface area (Å²) in [6.45, 7) is 4.68. The van der Waals surface area contributed by atoms with E-state index < -0.39 is 0 Å². The number of aryl methyl sites for hydroxylation is 1. The van der Waals surface area contributed by atoms with Crippen LogP contribution < -0.4 is 5.32 Å². The number of ether oxygens (including phenoxy) is 1. The van der Waals surface area contributed by atoms with Crippen molar-refractivity contribution in [2.45, 2.75) is 32.6 Å². The van der Waals surface area contributed by atoms with Crippen molar-refractivity contribution in [1.82, 2.24) is 10.2 Å². The van der Waals surface area contributed by atoms with Gasteiger partial charge in [0, 0.05) is 39.3 Å². The van der Waals surface area contributed by atoms with E-state index in [1.165, 1.54) is 5.56 Å². The molecule has 0 atom stereocenters. The normalized spacial score (nSPS) is 15.3. The van der Waals surface area contributed by atoms with Crippen molar-refractivity contribution in [3.8, 4) is 0 Å². The molecule has 1 aromatic rings. The van der Waals surface area contributed by atoms with Gasteiger partial charge in [0.05, 0.1) is 6.42 Å². The first-order chi connectivity index (χ1) is 11.6. The van der Waals surface area contributed by atoms with Crippen LogP contribution in [0, 0.1) is 12.8 Å². The number of hydrogen-bond acceptors (Lipinski definition) is 3. The Morgan fingerprint density at radius 3 is 2.50 bits per heavy atom. The topological polar surface area (TPSA) is 58.6 Å². The smallest absolute Gasteiger partial charge is 0.226 e. The maximum Gasteiger partial charge on any atom is 0.226 e. The van der Waals surface area contributed by atoms with E-state index in [0.29, 0.717) is 32.7 Å². The summed E-state index contributed by atoms with van der Waals surface area (Å²) in [5.74, 6) is 0.283. The second-order valence-corrected chi connectivity index (χ2v) is 6.45. The van der Waals surface area contributed by atoms with Crippen molar-refractivity contribution in [3.05, 3.63) is 35.4 Å². The van der Waals surface area contributed by atoms with Gasteiger partial charge in [0.2, 0.25) is 11.8 Å². The molecule has 0 aliphatic carbocycles. The van der Waals surface area contributed by atoms with E-state index in [0.717, 1.165) is 24.8 Å². The molecule has 5 nitrogen and oxygen atoms in total. The number of nitrogens with one attached hydrogen (secondary N) is 1. The number of piperidine rings is 1. The highest BCUT2D eigenvalue weighted by atomic mass is 16.5. The molecule has 0 aromatic heterocycles. The fourth-order valence-electron chi connectivity index (χ4n) is 2.96. The van der Waals surface area contributed by atoms with Gasteiger partial charge in [0.25, 0.3) is 0 Å². The van der Waals surface area contributed by atoms with E-state index >= 15 is 0 Å². The lowest BCUT2D eigenvalue weighted by Gasteiger charge is -2.31. The molecule has 0 radical (unpaired) electrons. The van der Waals surface area contributed by atoms with Gasteiger partial charge in [0.1, 0.15) is 0 Å². The van der Waals surface area contributed by atoms with E-state index in [1.54, 1.807) is 7.11 Å². The molecule has 0 spiro atoms. The van der Waals surface area contributed by atoms with Crippen LogP contribution >= 0.6 is 0 Å². The Hall–Kier alpha value is -1.88. The molecule has 0 bridgehead atoms. The number of amides is 2. The third-order valence-electron chi connectivity index (χ3n) is 4.52. The van der Waals surface area contributed by atoms with Crippen LogP contribution in [0.3, 0.4) is 0 Å². The Balaban J connectivity index is 1.72. The molecule has 1 fully saturated rings. The predicted molar refractivity (Wildman–Crippen MR) is 93.7 cm³/mol. The monoisotopic (exact) mass is 332 g/mol. The Labute approximate surface area is 144 Å². The molecule has 1 saturated heterocycles. The molecule has 2 rings (SSSR count). The van der Waals surface area contributed by atoms with Gasteiger partial charge in [-0.1, -0.05) is 29.8 Å². The van der Waals surface area contributed by atoms with Gasteiger partial charge in [-0.25, -0.2) is 0 Å². The zero-order chi connectivity index (χ0) is 17.4. The Morgan fingerprint density at radius 1 is 1.21 bits per heavy atom. The quantitative estimate of drug-likeness (QED) is 0.776. The van der Waals surface area contributed by atoms with Crippen LogP contribution in [-0.2, 0) is 20.7 Å². The van der Waals surface area contributed by atoms with Crippen LogP contribution in [0.2, 0.25) is 0 Å². The molecule has 1 heterocycles. The number of hydrogen-bond donors (Lipinski definition) is 1. The molecule has 1 N–H and O–H groups in total. The number of carbonyl (C=O) groups is 2. The molecule has 0 unspecified atom stereocenters. The first-order valence-electron chi connectivity index (χ1n) is 8.70. The summed E-state index contributed by atoms with van der Waals surface area (Å²) in [4.78, 5) is 26.4. The lowest BCUT2D eigenvalue weighted by atomic mass is 9.95. The summed E-state index contributed by atoms with van der Waals surface area (Å²) >= 11 is 0. The van der Waals surface area contributed by atoms with Gasteiger partial charge in [-0.2, -0.15) is 0 Å². The van der Waals surface area contributed by atoms with Crippen molar-refractivity contribution < 1.29 is 14.3 Å². The van der Waals surface area contributed by atoms with E-state index in [1.807, 2.05) is 36.1 Å². The highest BCUT2D eigenvalue weighted by Crippen LogP contribution is 2.18. The Bertz CT molecular complexity index is 534. The third-order valence-corrected chi connectivity index (χ3v) is 4.52.